The zero-order chi connectivity index (χ0) is 9.00. The molecule has 0 fully saturated rings. The Morgan fingerprint density at radius 3 is 0.500 bits per heavy atom. The van der Waals surface area contributed by atoms with Crippen LogP contribution in [0.4, 0.5) is 0 Å². The van der Waals surface area contributed by atoms with Crippen molar-refractivity contribution in [2.45, 2.75) is 0 Å². The molecule has 0 spiro atoms. The molecule has 0 aromatic heterocycles. The summed E-state index contributed by atoms with van der Waals surface area (Å²) in [6, 6.07) is 0. The van der Waals surface area contributed by atoms with E-state index in [1.165, 1.54) is 0 Å². The Bertz CT molecular complexity index is 141. The Morgan fingerprint density at radius 2 is 0.500 bits per heavy atom. The minimum atomic E-state index is -5.39. The maximum absolute atomic E-state index is 8.55. The standard InChI is InChI=1S/3BH3.2H3O4P.3Sr/c;;;2*1-5(2,3)4;;;/h3*1H3;2*(H3,1,2,3,4);;;/q;;;;;3*+2/p-6. The van der Waals surface area contributed by atoms with Crippen LogP contribution in [0.1, 0.15) is 0 Å². The van der Waals surface area contributed by atoms with Gasteiger partial charge in [-0.15, -0.1) is 0 Å². The van der Waals surface area contributed by atoms with E-state index in [2.05, 4.69) is 0 Å². The SMILES string of the molecule is B.B.B.O=P([O-])([O-])[O-].O=P([O-])([O-])[O-].[Sr+2].[Sr+2].[Sr+2]. The summed E-state index contributed by atoms with van der Waals surface area (Å²) in [5.41, 5.74) is 0. The molecule has 0 amide bonds. The Morgan fingerprint density at radius 1 is 0.500 bits per heavy atom. The average Bonchev–Trinajstić information content (AvgIpc) is 1.12. The van der Waals surface area contributed by atoms with Gasteiger partial charge >= 0.3 is 136 Å². The van der Waals surface area contributed by atoms with Crippen molar-refractivity contribution in [1.82, 2.24) is 0 Å². The van der Waals surface area contributed by atoms with Crippen LogP contribution in [0.3, 0.4) is 0 Å². The second-order valence-electron chi connectivity index (χ2n) is 0.894. The molecule has 0 radical (unpaired) electrons. The second-order valence-corrected chi connectivity index (χ2v) is 2.68. The van der Waals surface area contributed by atoms with E-state index in [4.69, 9.17) is 38.5 Å². The first kappa shape index (κ1) is 49.8. The van der Waals surface area contributed by atoms with Crippen LogP contribution in [0.5, 0.6) is 0 Å². The molecular weight excluding hydrogens is 485 g/mol. The van der Waals surface area contributed by atoms with Crippen molar-refractivity contribution in [3.05, 3.63) is 0 Å². The van der Waals surface area contributed by atoms with Gasteiger partial charge < -0.3 is 38.5 Å². The summed E-state index contributed by atoms with van der Waals surface area (Å²) in [5, 5.41) is 0. The second kappa shape index (κ2) is 24.8. The van der Waals surface area contributed by atoms with Crippen LogP contribution in [0, 0.1) is 0 Å². The van der Waals surface area contributed by atoms with Gasteiger partial charge in [-0.2, -0.15) is 15.6 Å². The van der Waals surface area contributed by atoms with E-state index in [9.17, 15) is 0 Å². The van der Waals surface area contributed by atoms with E-state index in [-0.39, 0.29) is 162 Å². The van der Waals surface area contributed by atoms with Gasteiger partial charge in [0.05, 0.1) is 25.2 Å². The number of rotatable bonds is 0. The molecule has 0 saturated carbocycles. The summed E-state index contributed by atoms with van der Waals surface area (Å²) < 4.78 is 17.1. The van der Waals surface area contributed by atoms with E-state index in [0.717, 1.165) is 0 Å². The molecule has 16 heteroatoms. The van der Waals surface area contributed by atoms with E-state index < -0.39 is 15.6 Å². The summed E-state index contributed by atoms with van der Waals surface area (Å²) in [4.78, 5) is 51.3. The normalized spacial score (nSPS) is 7.38. The average molecular weight is 494 g/mol. The first-order valence-electron chi connectivity index (χ1n) is 1.46. The molecule has 0 rings (SSSR count). The van der Waals surface area contributed by atoms with Crippen LogP contribution in [-0.4, -0.2) is 162 Å². The molecular formula is H9B3O8P2Sr3. The Labute approximate surface area is 210 Å². The largest absolute Gasteiger partial charge is 2.00 e. The molecule has 82 valence electrons. The quantitative estimate of drug-likeness (QED) is 0.236. The fourth-order valence-electron chi connectivity index (χ4n) is 0. The number of hydrogen-bond donors (Lipinski definition) is 0. The minimum Gasteiger partial charge on any atom is -0.822 e. The van der Waals surface area contributed by atoms with Crippen molar-refractivity contribution in [2.24, 2.45) is 0 Å². The van der Waals surface area contributed by atoms with Gasteiger partial charge in [-0.25, -0.2) is 0 Å². The van der Waals surface area contributed by atoms with Gasteiger partial charge in [-0.1, -0.05) is 0 Å². The summed E-state index contributed by atoms with van der Waals surface area (Å²) >= 11 is 0. The van der Waals surface area contributed by atoms with Crippen LogP contribution >= 0.6 is 15.6 Å². The summed E-state index contributed by atoms with van der Waals surface area (Å²) in [5.74, 6) is 0. The monoisotopic (exact) mass is 496 g/mol. The van der Waals surface area contributed by atoms with Crippen LogP contribution in [0.15, 0.2) is 0 Å². The number of hydrogen-bond acceptors (Lipinski definition) is 8. The van der Waals surface area contributed by atoms with Gasteiger partial charge in [0.15, 0.2) is 0 Å². The third-order valence-electron chi connectivity index (χ3n) is 0. The van der Waals surface area contributed by atoms with E-state index in [0.29, 0.717) is 0 Å². The van der Waals surface area contributed by atoms with Gasteiger partial charge in [-0.05, 0) is 0 Å². The molecule has 0 heterocycles. The van der Waals surface area contributed by atoms with Crippen molar-refractivity contribution in [2.75, 3.05) is 0 Å². The van der Waals surface area contributed by atoms with Crippen molar-refractivity contribution < 1.29 is 38.5 Å². The predicted molar refractivity (Wildman–Crippen MR) is 62.3 cm³/mol. The molecule has 8 nitrogen and oxygen atoms in total. The molecule has 0 aromatic rings. The molecule has 0 unspecified atom stereocenters. The molecule has 0 saturated heterocycles. The Kier molecular flexibility index (Phi) is 77.3. The smallest absolute Gasteiger partial charge is 0.822 e. The molecule has 0 aliphatic carbocycles. The first-order chi connectivity index (χ1) is 4.00. The van der Waals surface area contributed by atoms with Gasteiger partial charge in [0.1, 0.15) is 0 Å². The Hall–Kier alpha value is 4.86. The zero-order valence-corrected chi connectivity index (χ0v) is 18.5. The molecule has 0 aliphatic heterocycles. The predicted octanol–water partition coefficient (Wildman–Crippen LogP) is -10.3. The van der Waals surface area contributed by atoms with E-state index >= 15 is 0 Å². The van der Waals surface area contributed by atoms with Gasteiger partial charge in [0.2, 0.25) is 0 Å². The fraction of sp³-hybridized carbons (Fsp3) is 0. The number of phosphoric acid groups is 2. The van der Waals surface area contributed by atoms with Crippen molar-refractivity contribution >= 4 is 177 Å². The van der Waals surface area contributed by atoms with E-state index in [1.807, 2.05) is 0 Å². The Balaban J connectivity index is -0.00000000970. The van der Waals surface area contributed by atoms with Crippen LogP contribution in [-0.2, 0) is 9.13 Å². The maximum Gasteiger partial charge on any atom is 2.00 e. The van der Waals surface area contributed by atoms with Gasteiger partial charge in [-0.3, -0.25) is 0 Å². The van der Waals surface area contributed by atoms with Crippen LogP contribution < -0.4 is 29.4 Å². The minimum absolute atomic E-state index is 0. The molecule has 0 N–H and O–H groups in total. The summed E-state index contributed by atoms with van der Waals surface area (Å²) in [6.07, 6.45) is 0. The van der Waals surface area contributed by atoms with Gasteiger partial charge in [0, 0.05) is 0 Å². The van der Waals surface area contributed by atoms with Gasteiger partial charge in [0.25, 0.3) is 0 Å². The molecule has 16 heavy (non-hydrogen) atoms. The molecule has 0 atom stereocenters. The molecule has 0 bridgehead atoms. The van der Waals surface area contributed by atoms with Crippen molar-refractivity contribution in [3.63, 3.8) is 0 Å². The van der Waals surface area contributed by atoms with Crippen LogP contribution in [0.25, 0.3) is 0 Å². The zero-order valence-electron chi connectivity index (χ0n) is 6.28. The van der Waals surface area contributed by atoms with E-state index in [1.54, 1.807) is 0 Å². The van der Waals surface area contributed by atoms with Crippen molar-refractivity contribution in [3.8, 4) is 0 Å². The maximum atomic E-state index is 8.55. The fourth-order valence-corrected chi connectivity index (χ4v) is 0. The summed E-state index contributed by atoms with van der Waals surface area (Å²) in [7, 11) is -10.8. The van der Waals surface area contributed by atoms with Crippen LogP contribution in [0.2, 0.25) is 0 Å². The summed E-state index contributed by atoms with van der Waals surface area (Å²) in [6.45, 7) is 0. The first-order valence-corrected chi connectivity index (χ1v) is 4.38. The van der Waals surface area contributed by atoms with Crippen molar-refractivity contribution in [1.29, 1.82) is 0 Å². The molecule has 0 aromatic carbocycles. The third-order valence-corrected chi connectivity index (χ3v) is 0. The topological polar surface area (TPSA) is 172 Å². The third kappa shape index (κ3) is 255. The molecule has 0 aliphatic rings.